The lowest BCUT2D eigenvalue weighted by Gasteiger charge is -2.25. The summed E-state index contributed by atoms with van der Waals surface area (Å²) in [5, 5.41) is 0. The third-order valence-corrected chi connectivity index (χ3v) is 6.28. The molecule has 0 aliphatic carbocycles. The minimum Gasteiger partial charge on any atom is -0.264 e. The molecule has 0 saturated carbocycles. The van der Waals surface area contributed by atoms with Crippen LogP contribution in [0.4, 0.5) is 0 Å². The Balaban J connectivity index is 4.97. The van der Waals surface area contributed by atoms with Gasteiger partial charge < -0.3 is 0 Å². The van der Waals surface area contributed by atoms with E-state index in [2.05, 4.69) is 0 Å². The van der Waals surface area contributed by atoms with Crippen molar-refractivity contribution < 1.29 is 18.1 Å². The molecule has 0 aromatic carbocycles. The molecule has 0 aromatic heterocycles. The molecule has 20 heavy (non-hydrogen) atoms. The van der Waals surface area contributed by atoms with Crippen molar-refractivity contribution in [2.75, 3.05) is 0 Å². The van der Waals surface area contributed by atoms with Gasteiger partial charge in [0.05, 0.1) is 0 Å². The molecule has 3 atom stereocenters. The second-order valence-electron chi connectivity index (χ2n) is 2.82. The maximum absolute atomic E-state index is 12.3. The number of hydrogen-bond acceptors (Lipinski definition) is 4. The molecule has 0 heterocycles. The van der Waals surface area contributed by atoms with E-state index in [4.69, 9.17) is 118 Å². The number of phosphoric acid groups is 1. The molecule has 4 nitrogen and oxygen atoms in total. The summed E-state index contributed by atoms with van der Waals surface area (Å²) in [5.41, 5.74) is -4.40. The van der Waals surface area contributed by atoms with E-state index >= 15 is 0 Å². The van der Waals surface area contributed by atoms with Gasteiger partial charge in [0, 0.05) is 0 Å². The van der Waals surface area contributed by atoms with Crippen LogP contribution in [0.2, 0.25) is 0 Å². The Morgan fingerprint density at radius 1 is 0.550 bits per heavy atom. The summed E-state index contributed by atoms with van der Waals surface area (Å²) in [6.07, 6.45) is 0. The molecule has 3 unspecified atom stereocenters. The van der Waals surface area contributed by atoms with Gasteiger partial charge in [-0.3, -0.25) is 13.6 Å². The van der Waals surface area contributed by atoms with Crippen LogP contribution in [0.3, 0.4) is 0 Å². The van der Waals surface area contributed by atoms with Crippen molar-refractivity contribution in [2.45, 2.75) is 31.2 Å². The SMILES string of the molecule is O=P(OC(Cl)C(Cl)Cl)(OC(Cl)C(Cl)Cl)OC(Cl)C(Cl)Cl. The lowest BCUT2D eigenvalue weighted by atomic mass is 10.8. The number of hydrogen-bond donors (Lipinski definition) is 0. The van der Waals surface area contributed by atoms with E-state index in [0.29, 0.717) is 0 Å². The fraction of sp³-hybridized carbons (Fsp3) is 1.00. The molecule has 122 valence electrons. The highest BCUT2D eigenvalue weighted by atomic mass is 35.5. The molecule has 0 radical (unpaired) electrons. The Hall–Kier alpha value is 2.72. The molecule has 0 fully saturated rings. The molecule has 0 rings (SSSR count). The average Bonchev–Trinajstić information content (AvgIpc) is 2.27. The van der Waals surface area contributed by atoms with E-state index in [-0.39, 0.29) is 0 Å². The maximum atomic E-state index is 12.3. The molecule has 0 N–H and O–H groups in total. The first kappa shape index (κ1) is 22.7. The van der Waals surface area contributed by atoms with Crippen molar-refractivity contribution in [3.05, 3.63) is 0 Å². The van der Waals surface area contributed by atoms with E-state index < -0.39 is 39.0 Å². The summed E-state index contributed by atoms with van der Waals surface area (Å²) in [5.74, 6) is 0. The topological polar surface area (TPSA) is 44.8 Å². The van der Waals surface area contributed by atoms with Gasteiger partial charge in [-0.2, -0.15) is 0 Å². The van der Waals surface area contributed by atoms with Crippen molar-refractivity contribution in [3.8, 4) is 0 Å². The molecule has 0 aromatic rings. The van der Waals surface area contributed by atoms with E-state index in [0.717, 1.165) is 0 Å². The summed E-state index contributed by atoms with van der Waals surface area (Å²) in [7, 11) is -4.45. The summed E-state index contributed by atoms with van der Waals surface area (Å²) in [4.78, 5) is -3.78. The van der Waals surface area contributed by atoms with E-state index in [9.17, 15) is 4.57 Å². The zero-order valence-corrected chi connectivity index (χ0v) is 16.6. The van der Waals surface area contributed by atoms with Crippen LogP contribution in [0.15, 0.2) is 0 Å². The predicted octanol–water partition coefficient (Wildman–Crippen LogP) is 6.25. The summed E-state index contributed by atoms with van der Waals surface area (Å²) in [6, 6.07) is 0. The van der Waals surface area contributed by atoms with E-state index in [1.54, 1.807) is 0 Å². The van der Waals surface area contributed by atoms with Gasteiger partial charge in [0.15, 0.2) is 16.7 Å². The molecule has 0 aliphatic heterocycles. The first-order valence-electron chi connectivity index (χ1n) is 4.40. The molecule has 0 aliphatic rings. The highest BCUT2D eigenvalue weighted by molar-refractivity contribution is 7.48. The number of phosphoric ester groups is 1. The highest BCUT2D eigenvalue weighted by Crippen LogP contribution is 2.56. The fourth-order valence-electron chi connectivity index (χ4n) is 0.583. The first-order chi connectivity index (χ1) is 8.98. The van der Waals surface area contributed by atoms with Gasteiger partial charge in [-0.15, -0.1) is 69.6 Å². The van der Waals surface area contributed by atoms with Gasteiger partial charge in [-0.05, 0) is 0 Å². The first-order valence-corrected chi connectivity index (χ1v) is 9.79. The Bertz CT molecular complexity index is 282. The standard InChI is InChI=1S/C6H6Cl9O4P/c7-1(8)4(13)17-20(16,18-5(14)2(9)10)19-6(15)3(11)12/h1-6H. The molecular weight excluding hydrogens is 486 g/mol. The van der Waals surface area contributed by atoms with Crippen molar-refractivity contribution in [1.29, 1.82) is 0 Å². The highest BCUT2D eigenvalue weighted by Gasteiger charge is 2.40. The van der Waals surface area contributed by atoms with Crippen molar-refractivity contribution in [2.24, 2.45) is 0 Å². The summed E-state index contributed by atoms with van der Waals surface area (Å²) < 4.78 is 26.5. The Morgan fingerprint density at radius 2 is 0.750 bits per heavy atom. The Kier molecular flexibility index (Phi) is 12.0. The number of rotatable bonds is 9. The van der Waals surface area contributed by atoms with Gasteiger partial charge in [0.25, 0.3) is 0 Å². The van der Waals surface area contributed by atoms with Crippen LogP contribution in [0.5, 0.6) is 0 Å². The summed E-state index contributed by atoms with van der Waals surface area (Å²) in [6.45, 7) is 0. The minimum atomic E-state index is -4.45. The normalized spacial score (nSPS) is 20.2. The van der Waals surface area contributed by atoms with Crippen molar-refractivity contribution in [3.63, 3.8) is 0 Å². The monoisotopic (exact) mass is 488 g/mol. The van der Waals surface area contributed by atoms with Crippen molar-refractivity contribution >= 4 is 112 Å². The third kappa shape index (κ3) is 9.12. The molecule has 14 heteroatoms. The second kappa shape index (κ2) is 10.6. The molecule has 0 amide bonds. The minimum absolute atomic E-state index is 1.26. The van der Waals surface area contributed by atoms with Gasteiger partial charge in [-0.25, -0.2) is 4.57 Å². The van der Waals surface area contributed by atoms with E-state index in [1.807, 2.05) is 0 Å². The quantitative estimate of drug-likeness (QED) is 0.282. The van der Waals surface area contributed by atoms with Crippen LogP contribution in [0, 0.1) is 0 Å². The summed E-state index contributed by atoms with van der Waals surface area (Å²) >= 11 is 49.4. The Labute approximate surface area is 160 Å². The average molecular weight is 492 g/mol. The zero-order chi connectivity index (χ0) is 16.1. The fourth-order valence-corrected chi connectivity index (χ4v) is 3.45. The largest absolute Gasteiger partial charge is 0.479 e. The molecular formula is C6H6Cl9O4P. The van der Waals surface area contributed by atoms with Crippen molar-refractivity contribution in [1.82, 2.24) is 0 Å². The molecule has 0 bridgehead atoms. The smallest absolute Gasteiger partial charge is 0.264 e. The molecule has 0 spiro atoms. The second-order valence-corrected chi connectivity index (χ2v) is 9.13. The van der Waals surface area contributed by atoms with E-state index in [1.165, 1.54) is 0 Å². The van der Waals surface area contributed by atoms with Crippen LogP contribution >= 0.6 is 112 Å². The maximum Gasteiger partial charge on any atom is 0.479 e. The van der Waals surface area contributed by atoms with Crippen LogP contribution in [0.1, 0.15) is 0 Å². The lowest BCUT2D eigenvalue weighted by molar-refractivity contribution is 0.0932. The number of alkyl halides is 9. The van der Waals surface area contributed by atoms with Crippen LogP contribution < -0.4 is 0 Å². The molecule has 0 saturated heterocycles. The number of halogens is 9. The van der Waals surface area contributed by atoms with Crippen LogP contribution in [0.25, 0.3) is 0 Å². The van der Waals surface area contributed by atoms with Gasteiger partial charge in [0.1, 0.15) is 14.5 Å². The van der Waals surface area contributed by atoms with Gasteiger partial charge >= 0.3 is 7.82 Å². The van der Waals surface area contributed by atoms with Crippen LogP contribution in [-0.2, 0) is 18.1 Å². The predicted molar refractivity (Wildman–Crippen MR) is 86.3 cm³/mol. The Morgan fingerprint density at radius 3 is 0.900 bits per heavy atom. The van der Waals surface area contributed by atoms with Gasteiger partial charge in [-0.1, -0.05) is 34.8 Å². The lowest BCUT2D eigenvalue weighted by Crippen LogP contribution is -2.22. The van der Waals surface area contributed by atoms with Gasteiger partial charge in [0.2, 0.25) is 0 Å². The third-order valence-electron chi connectivity index (χ3n) is 1.28. The van der Waals surface area contributed by atoms with Crippen LogP contribution in [-0.4, -0.2) is 31.2 Å². The zero-order valence-electron chi connectivity index (χ0n) is 8.95.